The van der Waals surface area contributed by atoms with Crippen molar-refractivity contribution in [3.05, 3.63) is 34.4 Å². The topological polar surface area (TPSA) is 64.4 Å². The molecule has 0 aliphatic heterocycles. The minimum atomic E-state index is -0.408. The van der Waals surface area contributed by atoms with E-state index < -0.39 is 4.92 Å². The Morgan fingerprint density at radius 3 is 2.65 bits per heavy atom. The molecule has 20 heavy (non-hydrogen) atoms. The van der Waals surface area contributed by atoms with Crippen LogP contribution in [0.1, 0.15) is 32.6 Å². The van der Waals surface area contributed by atoms with Gasteiger partial charge in [0.15, 0.2) is 0 Å². The van der Waals surface area contributed by atoms with Crippen molar-refractivity contribution in [2.75, 3.05) is 13.2 Å². The van der Waals surface area contributed by atoms with E-state index in [-0.39, 0.29) is 5.69 Å². The quantitative estimate of drug-likeness (QED) is 0.428. The van der Waals surface area contributed by atoms with Crippen molar-refractivity contribution >= 4 is 5.69 Å². The zero-order valence-corrected chi connectivity index (χ0v) is 11.9. The summed E-state index contributed by atoms with van der Waals surface area (Å²) in [5.74, 6) is 1.61. The molecule has 1 aliphatic carbocycles. The molecule has 0 radical (unpaired) electrons. The second-order valence-electron chi connectivity index (χ2n) is 5.34. The minimum absolute atomic E-state index is 0.0888. The van der Waals surface area contributed by atoms with E-state index in [9.17, 15) is 10.1 Å². The third-order valence-electron chi connectivity index (χ3n) is 3.66. The maximum atomic E-state index is 10.5. The molecular weight excluding hydrogens is 256 g/mol. The van der Waals surface area contributed by atoms with Gasteiger partial charge in [0.25, 0.3) is 5.69 Å². The Labute approximate surface area is 119 Å². The van der Waals surface area contributed by atoms with E-state index in [0.29, 0.717) is 18.4 Å². The summed E-state index contributed by atoms with van der Waals surface area (Å²) in [6.07, 6.45) is 5.19. The predicted molar refractivity (Wildman–Crippen MR) is 78.0 cm³/mol. The standard InChI is InChI=1S/C15H22N2O3/c1-2-13(11-12-3-4-12)16-9-10-20-15-7-5-14(6-8-15)17(18)19/h5-8,12-13,16H,2-4,9-11H2,1H3. The van der Waals surface area contributed by atoms with Gasteiger partial charge in [-0.1, -0.05) is 19.8 Å². The molecule has 0 bridgehead atoms. The third kappa shape index (κ3) is 4.81. The van der Waals surface area contributed by atoms with Gasteiger partial charge in [0.2, 0.25) is 0 Å². The average Bonchev–Trinajstić information content (AvgIpc) is 3.26. The Kier molecular flexibility index (Phi) is 5.35. The third-order valence-corrected chi connectivity index (χ3v) is 3.66. The summed E-state index contributed by atoms with van der Waals surface area (Å²) in [5, 5.41) is 14.0. The van der Waals surface area contributed by atoms with Gasteiger partial charge < -0.3 is 10.1 Å². The molecule has 1 saturated carbocycles. The van der Waals surface area contributed by atoms with Crippen LogP contribution in [0.15, 0.2) is 24.3 Å². The van der Waals surface area contributed by atoms with Crippen LogP contribution < -0.4 is 10.1 Å². The van der Waals surface area contributed by atoms with Crippen LogP contribution in [0.25, 0.3) is 0 Å². The van der Waals surface area contributed by atoms with Gasteiger partial charge in [-0.05, 0) is 30.9 Å². The second kappa shape index (κ2) is 7.24. The van der Waals surface area contributed by atoms with E-state index in [1.807, 2.05) is 0 Å². The van der Waals surface area contributed by atoms with E-state index in [4.69, 9.17) is 4.74 Å². The zero-order chi connectivity index (χ0) is 14.4. The number of nitrogens with one attached hydrogen (secondary N) is 1. The molecule has 110 valence electrons. The molecule has 0 aromatic heterocycles. The van der Waals surface area contributed by atoms with E-state index in [1.165, 1.54) is 31.4 Å². The highest BCUT2D eigenvalue weighted by Gasteiger charge is 2.24. The number of nitro benzene ring substituents is 1. The SMILES string of the molecule is CCC(CC1CC1)NCCOc1ccc([N+](=O)[O-])cc1. The molecule has 5 heteroatoms. The van der Waals surface area contributed by atoms with Crippen LogP contribution in [0.2, 0.25) is 0 Å². The molecule has 0 amide bonds. The zero-order valence-electron chi connectivity index (χ0n) is 11.9. The Hall–Kier alpha value is -1.62. The molecule has 0 saturated heterocycles. The van der Waals surface area contributed by atoms with Gasteiger partial charge in [0.1, 0.15) is 12.4 Å². The fourth-order valence-electron chi connectivity index (χ4n) is 2.25. The lowest BCUT2D eigenvalue weighted by molar-refractivity contribution is -0.384. The summed E-state index contributed by atoms with van der Waals surface area (Å²) in [7, 11) is 0. The van der Waals surface area contributed by atoms with Crippen molar-refractivity contribution in [2.24, 2.45) is 5.92 Å². The smallest absolute Gasteiger partial charge is 0.269 e. The van der Waals surface area contributed by atoms with Crippen LogP contribution in [0.4, 0.5) is 5.69 Å². The first-order chi connectivity index (χ1) is 9.69. The predicted octanol–water partition coefficient (Wildman–Crippen LogP) is 3.14. The van der Waals surface area contributed by atoms with Crippen molar-refractivity contribution < 1.29 is 9.66 Å². The Bertz CT molecular complexity index is 429. The molecule has 1 N–H and O–H groups in total. The summed E-state index contributed by atoms with van der Waals surface area (Å²) < 4.78 is 5.57. The van der Waals surface area contributed by atoms with Crippen LogP contribution in [-0.4, -0.2) is 24.1 Å². The molecule has 1 atom stereocenters. The first kappa shape index (κ1) is 14.8. The van der Waals surface area contributed by atoms with E-state index in [0.717, 1.165) is 18.9 Å². The maximum absolute atomic E-state index is 10.5. The largest absolute Gasteiger partial charge is 0.492 e. The second-order valence-corrected chi connectivity index (χ2v) is 5.34. The van der Waals surface area contributed by atoms with Crippen molar-refractivity contribution in [1.82, 2.24) is 5.32 Å². The summed E-state index contributed by atoms with van der Waals surface area (Å²) in [6, 6.07) is 6.79. The fraction of sp³-hybridized carbons (Fsp3) is 0.600. The number of ether oxygens (including phenoxy) is 1. The van der Waals surface area contributed by atoms with Crippen molar-refractivity contribution in [1.29, 1.82) is 0 Å². The Morgan fingerprint density at radius 2 is 2.10 bits per heavy atom. The van der Waals surface area contributed by atoms with Crippen LogP contribution >= 0.6 is 0 Å². The molecule has 1 aromatic rings. The first-order valence-electron chi connectivity index (χ1n) is 7.29. The Morgan fingerprint density at radius 1 is 1.40 bits per heavy atom. The molecule has 1 aromatic carbocycles. The van der Waals surface area contributed by atoms with Crippen LogP contribution in [0.3, 0.4) is 0 Å². The van der Waals surface area contributed by atoms with E-state index in [1.54, 1.807) is 12.1 Å². The number of nitrogens with zero attached hydrogens (tertiary/aromatic N) is 1. The fourth-order valence-corrected chi connectivity index (χ4v) is 2.25. The molecule has 0 heterocycles. The van der Waals surface area contributed by atoms with E-state index >= 15 is 0 Å². The van der Waals surface area contributed by atoms with Gasteiger partial charge in [0.05, 0.1) is 4.92 Å². The molecule has 2 rings (SSSR count). The molecule has 1 unspecified atom stereocenters. The highest BCUT2D eigenvalue weighted by molar-refractivity contribution is 5.35. The number of rotatable bonds is 9. The van der Waals surface area contributed by atoms with Crippen LogP contribution in [-0.2, 0) is 0 Å². The van der Waals surface area contributed by atoms with Gasteiger partial charge in [0, 0.05) is 24.7 Å². The number of hydrogen-bond donors (Lipinski definition) is 1. The number of non-ortho nitro benzene ring substituents is 1. The molecule has 0 spiro atoms. The summed E-state index contributed by atoms with van der Waals surface area (Å²) >= 11 is 0. The summed E-state index contributed by atoms with van der Waals surface area (Å²) in [4.78, 5) is 10.1. The van der Waals surface area contributed by atoms with Gasteiger partial charge in [-0.25, -0.2) is 0 Å². The summed E-state index contributed by atoms with van der Waals surface area (Å²) in [5.41, 5.74) is 0.0888. The summed E-state index contributed by atoms with van der Waals surface area (Å²) in [6.45, 7) is 3.60. The van der Waals surface area contributed by atoms with Crippen LogP contribution in [0.5, 0.6) is 5.75 Å². The normalized spacial score (nSPS) is 15.8. The first-order valence-corrected chi connectivity index (χ1v) is 7.29. The number of hydrogen-bond acceptors (Lipinski definition) is 4. The number of nitro groups is 1. The van der Waals surface area contributed by atoms with Crippen molar-refractivity contribution in [2.45, 2.75) is 38.6 Å². The Balaban J connectivity index is 1.65. The van der Waals surface area contributed by atoms with Gasteiger partial charge in [-0.3, -0.25) is 10.1 Å². The van der Waals surface area contributed by atoms with E-state index in [2.05, 4.69) is 12.2 Å². The van der Waals surface area contributed by atoms with Gasteiger partial charge >= 0.3 is 0 Å². The average molecular weight is 278 g/mol. The lowest BCUT2D eigenvalue weighted by atomic mass is 10.1. The highest BCUT2D eigenvalue weighted by atomic mass is 16.6. The molecule has 1 aliphatic rings. The van der Waals surface area contributed by atoms with Crippen molar-refractivity contribution in [3.8, 4) is 5.75 Å². The number of benzene rings is 1. The lowest BCUT2D eigenvalue weighted by Crippen LogP contribution is -2.32. The van der Waals surface area contributed by atoms with Gasteiger partial charge in [-0.15, -0.1) is 0 Å². The van der Waals surface area contributed by atoms with Crippen LogP contribution in [0, 0.1) is 16.0 Å². The van der Waals surface area contributed by atoms with Gasteiger partial charge in [-0.2, -0.15) is 0 Å². The molecular formula is C15H22N2O3. The molecule has 1 fully saturated rings. The minimum Gasteiger partial charge on any atom is -0.492 e. The molecule has 5 nitrogen and oxygen atoms in total. The monoisotopic (exact) mass is 278 g/mol. The maximum Gasteiger partial charge on any atom is 0.269 e. The highest BCUT2D eigenvalue weighted by Crippen LogP contribution is 2.33. The lowest BCUT2D eigenvalue weighted by Gasteiger charge is -2.16. The van der Waals surface area contributed by atoms with Crippen molar-refractivity contribution in [3.63, 3.8) is 0 Å².